The first-order chi connectivity index (χ1) is 4.99. The number of hydrogen-bond donors (Lipinski definition) is 4. The first kappa shape index (κ1) is 8.93. The van der Waals surface area contributed by atoms with Crippen LogP contribution in [0.3, 0.4) is 0 Å². The van der Waals surface area contributed by atoms with Crippen LogP contribution >= 0.6 is 0 Å². The van der Waals surface area contributed by atoms with E-state index in [4.69, 9.17) is 5.11 Å². The molecule has 11 heavy (non-hydrogen) atoms. The quantitative estimate of drug-likeness (QED) is 0.376. The molecule has 66 valence electrons. The highest BCUT2D eigenvalue weighted by Gasteiger charge is 2.45. The number of aliphatic hydroxyl groups excluding tert-OH is 3. The number of rotatable bonds is 1. The number of hydrogen-bond acceptors (Lipinski definition) is 4. The maximum absolute atomic E-state index is 9.40. The molecule has 0 bridgehead atoms. The Labute approximate surface area is 65.9 Å². The van der Waals surface area contributed by atoms with Gasteiger partial charge in [-0.05, 0) is 13.8 Å². The van der Waals surface area contributed by atoms with Crippen LogP contribution in [0.1, 0.15) is 13.8 Å². The van der Waals surface area contributed by atoms with E-state index >= 15 is 0 Å². The van der Waals surface area contributed by atoms with E-state index in [1.165, 1.54) is 0 Å². The molecule has 0 aromatic heterocycles. The van der Waals surface area contributed by atoms with Crippen molar-refractivity contribution in [2.45, 2.75) is 37.6 Å². The smallest absolute Gasteiger partial charge is 0.0992 e. The second-order valence-electron chi connectivity index (χ2n) is 3.59. The molecule has 1 fully saturated rings. The third-order valence-corrected chi connectivity index (χ3v) is 2.23. The standard InChI is InChI=1S/C7H15NO3/c1-7(2)6(11)5(10)4(3-9)8-7/h4-6,8-11H,3H2,1-2H3/t4-,5-,6-/m1/s1. The molecule has 0 aromatic carbocycles. The summed E-state index contributed by atoms with van der Waals surface area (Å²) >= 11 is 0. The maximum atomic E-state index is 9.40. The zero-order valence-electron chi connectivity index (χ0n) is 6.78. The van der Waals surface area contributed by atoms with Gasteiger partial charge in [0.05, 0.1) is 24.9 Å². The van der Waals surface area contributed by atoms with Crippen molar-refractivity contribution in [2.75, 3.05) is 6.61 Å². The molecule has 0 amide bonds. The van der Waals surface area contributed by atoms with E-state index in [0.29, 0.717) is 0 Å². The molecule has 1 heterocycles. The molecule has 0 unspecified atom stereocenters. The van der Waals surface area contributed by atoms with Crippen molar-refractivity contribution >= 4 is 0 Å². The molecule has 1 aliphatic rings. The first-order valence-electron chi connectivity index (χ1n) is 3.73. The Bertz CT molecular complexity index is 149. The summed E-state index contributed by atoms with van der Waals surface area (Å²) in [5, 5.41) is 30.4. The van der Waals surface area contributed by atoms with Crippen molar-refractivity contribution in [3.05, 3.63) is 0 Å². The van der Waals surface area contributed by atoms with Gasteiger partial charge in [0.2, 0.25) is 0 Å². The van der Waals surface area contributed by atoms with Gasteiger partial charge < -0.3 is 20.6 Å². The maximum Gasteiger partial charge on any atom is 0.0992 e. The van der Waals surface area contributed by atoms with Crippen LogP contribution < -0.4 is 5.32 Å². The van der Waals surface area contributed by atoms with Crippen molar-refractivity contribution < 1.29 is 15.3 Å². The van der Waals surface area contributed by atoms with Crippen molar-refractivity contribution in [3.8, 4) is 0 Å². The SMILES string of the molecule is CC1(C)N[C@H](CO)[C@@H](O)[C@H]1O. The highest BCUT2D eigenvalue weighted by atomic mass is 16.3. The van der Waals surface area contributed by atoms with Gasteiger partial charge in [0, 0.05) is 5.54 Å². The zero-order chi connectivity index (χ0) is 8.65. The molecular formula is C7H15NO3. The first-order valence-corrected chi connectivity index (χ1v) is 3.73. The molecule has 0 spiro atoms. The van der Waals surface area contributed by atoms with Crippen molar-refractivity contribution in [2.24, 2.45) is 0 Å². The van der Waals surface area contributed by atoms with Crippen LogP contribution in [0.2, 0.25) is 0 Å². The van der Waals surface area contributed by atoms with E-state index in [9.17, 15) is 10.2 Å². The predicted molar refractivity (Wildman–Crippen MR) is 40.1 cm³/mol. The Balaban J connectivity index is 2.69. The fraction of sp³-hybridized carbons (Fsp3) is 1.00. The van der Waals surface area contributed by atoms with Gasteiger partial charge in [-0.1, -0.05) is 0 Å². The Morgan fingerprint density at radius 2 is 1.91 bits per heavy atom. The number of aliphatic hydroxyl groups is 3. The minimum atomic E-state index is -0.866. The van der Waals surface area contributed by atoms with Crippen molar-refractivity contribution in [1.29, 1.82) is 0 Å². The summed E-state index contributed by atoms with van der Waals surface area (Å²) in [4.78, 5) is 0. The second-order valence-corrected chi connectivity index (χ2v) is 3.59. The lowest BCUT2D eigenvalue weighted by molar-refractivity contribution is 0.00651. The average molecular weight is 161 g/mol. The van der Waals surface area contributed by atoms with E-state index in [1.807, 2.05) is 0 Å². The van der Waals surface area contributed by atoms with Crippen LogP contribution in [0.5, 0.6) is 0 Å². The molecule has 0 saturated carbocycles. The highest BCUT2D eigenvalue weighted by molar-refractivity contribution is 5.04. The van der Waals surface area contributed by atoms with Crippen LogP contribution in [0.4, 0.5) is 0 Å². The lowest BCUT2D eigenvalue weighted by atomic mass is 9.98. The van der Waals surface area contributed by atoms with E-state index in [0.717, 1.165) is 0 Å². The van der Waals surface area contributed by atoms with E-state index in [1.54, 1.807) is 13.8 Å². The van der Waals surface area contributed by atoms with Gasteiger partial charge in [-0.15, -0.1) is 0 Å². The van der Waals surface area contributed by atoms with E-state index in [-0.39, 0.29) is 6.61 Å². The molecule has 4 heteroatoms. The van der Waals surface area contributed by atoms with Crippen molar-refractivity contribution in [3.63, 3.8) is 0 Å². The van der Waals surface area contributed by atoms with Crippen LogP contribution in [0.25, 0.3) is 0 Å². The molecule has 4 N–H and O–H groups in total. The van der Waals surface area contributed by atoms with Gasteiger partial charge in [0.15, 0.2) is 0 Å². The second kappa shape index (κ2) is 2.71. The minimum absolute atomic E-state index is 0.151. The summed E-state index contributed by atoms with van der Waals surface area (Å²) in [6.07, 6.45) is -1.67. The third kappa shape index (κ3) is 1.39. The normalized spacial score (nSPS) is 42.8. The molecule has 3 atom stereocenters. The van der Waals surface area contributed by atoms with Gasteiger partial charge >= 0.3 is 0 Å². The largest absolute Gasteiger partial charge is 0.395 e. The molecule has 1 saturated heterocycles. The monoisotopic (exact) mass is 161 g/mol. The van der Waals surface area contributed by atoms with Crippen LogP contribution in [0.15, 0.2) is 0 Å². The molecule has 4 nitrogen and oxygen atoms in total. The van der Waals surface area contributed by atoms with Crippen molar-refractivity contribution in [1.82, 2.24) is 5.32 Å². The summed E-state index contributed by atoms with van der Waals surface area (Å²) < 4.78 is 0. The number of nitrogens with one attached hydrogen (secondary N) is 1. The summed E-state index contributed by atoms with van der Waals surface area (Å²) in [5.41, 5.74) is -0.507. The van der Waals surface area contributed by atoms with Crippen LogP contribution in [0, 0.1) is 0 Å². The minimum Gasteiger partial charge on any atom is -0.395 e. The van der Waals surface area contributed by atoms with Gasteiger partial charge in [-0.25, -0.2) is 0 Å². The third-order valence-electron chi connectivity index (χ3n) is 2.23. The summed E-state index contributed by atoms with van der Waals surface area (Å²) in [6.45, 7) is 3.43. The van der Waals surface area contributed by atoms with Crippen LogP contribution in [-0.2, 0) is 0 Å². The molecule has 1 rings (SSSR count). The van der Waals surface area contributed by atoms with E-state index in [2.05, 4.69) is 5.32 Å². The van der Waals surface area contributed by atoms with Gasteiger partial charge in [0.1, 0.15) is 0 Å². The van der Waals surface area contributed by atoms with Crippen LogP contribution in [-0.4, -0.2) is 45.7 Å². The van der Waals surface area contributed by atoms with Gasteiger partial charge in [0.25, 0.3) is 0 Å². The van der Waals surface area contributed by atoms with E-state index < -0.39 is 23.8 Å². The molecule has 0 aromatic rings. The zero-order valence-corrected chi connectivity index (χ0v) is 6.78. The predicted octanol–water partition coefficient (Wildman–Crippen LogP) is -1.55. The Morgan fingerprint density at radius 3 is 2.09 bits per heavy atom. The van der Waals surface area contributed by atoms with Gasteiger partial charge in [-0.2, -0.15) is 0 Å². The summed E-state index contributed by atoms with van der Waals surface area (Å²) in [5.74, 6) is 0. The topological polar surface area (TPSA) is 72.7 Å². The summed E-state index contributed by atoms with van der Waals surface area (Å²) in [6, 6.07) is -0.403. The Kier molecular flexibility index (Phi) is 2.20. The summed E-state index contributed by atoms with van der Waals surface area (Å²) in [7, 11) is 0. The molecule has 0 aliphatic carbocycles. The Morgan fingerprint density at radius 1 is 1.36 bits per heavy atom. The van der Waals surface area contributed by atoms with Gasteiger partial charge in [-0.3, -0.25) is 0 Å². The fourth-order valence-electron chi connectivity index (χ4n) is 1.45. The lowest BCUT2D eigenvalue weighted by Gasteiger charge is -2.22. The fourth-order valence-corrected chi connectivity index (χ4v) is 1.45. The lowest BCUT2D eigenvalue weighted by Crippen LogP contribution is -2.44. The molecule has 1 aliphatic heterocycles. The highest BCUT2D eigenvalue weighted by Crippen LogP contribution is 2.23. The molecular weight excluding hydrogens is 146 g/mol. The Hall–Kier alpha value is -0.160. The molecule has 0 radical (unpaired) electrons. The average Bonchev–Trinajstić information content (AvgIpc) is 2.13.